The van der Waals surface area contributed by atoms with Crippen LogP contribution >= 0.6 is 23.4 Å². The Hall–Kier alpha value is -3.42. The van der Waals surface area contributed by atoms with Crippen molar-refractivity contribution in [3.05, 3.63) is 110 Å². The summed E-state index contributed by atoms with van der Waals surface area (Å²) in [4.78, 5) is 37.8. The predicted octanol–water partition coefficient (Wildman–Crippen LogP) is 4.63. The molecule has 0 aliphatic rings. The Morgan fingerprint density at radius 3 is 2.28 bits per heavy atom. The number of thioether (sulfide) groups is 1. The fourth-order valence-corrected chi connectivity index (χ4v) is 4.59. The molecule has 0 unspecified atom stereocenters. The van der Waals surface area contributed by atoms with Gasteiger partial charge in [0, 0.05) is 5.02 Å². The summed E-state index contributed by atoms with van der Waals surface area (Å²) in [7, 11) is 0. The van der Waals surface area contributed by atoms with E-state index in [4.69, 9.17) is 16.6 Å². The number of nitrogens with zero attached hydrogens (tertiary/aromatic N) is 3. The van der Waals surface area contributed by atoms with E-state index in [0.29, 0.717) is 50.1 Å². The zero-order valence-electron chi connectivity index (χ0n) is 16.8. The normalized spacial score (nSPS) is 11.3. The van der Waals surface area contributed by atoms with Gasteiger partial charge >= 0.3 is 0 Å². The number of hydrogen-bond acceptors (Lipinski definition) is 5. The second-order valence-electron chi connectivity index (χ2n) is 7.21. The minimum Gasteiger partial charge on any atom is -0.309 e. The number of hydrogen-bond donors (Lipinski definition) is 1. The topological polar surface area (TPSA) is 80.6 Å². The maximum atomic E-state index is 13.3. The average Bonchev–Trinajstić information content (AvgIpc) is 2.81. The summed E-state index contributed by atoms with van der Waals surface area (Å²) < 4.78 is 1.62. The van der Waals surface area contributed by atoms with Crippen LogP contribution in [0.1, 0.15) is 11.4 Å². The third-order valence-corrected chi connectivity index (χ3v) is 6.47. The number of aromatic nitrogens is 4. The van der Waals surface area contributed by atoms with Crippen LogP contribution in [-0.2, 0) is 12.3 Å². The number of halogens is 1. The first-order valence-electron chi connectivity index (χ1n) is 9.94. The van der Waals surface area contributed by atoms with Crippen LogP contribution in [0.25, 0.3) is 21.8 Å². The van der Waals surface area contributed by atoms with Crippen LogP contribution in [0.3, 0.4) is 0 Å². The summed E-state index contributed by atoms with van der Waals surface area (Å²) in [6.45, 7) is 0.292. The van der Waals surface area contributed by atoms with Gasteiger partial charge in [0.1, 0.15) is 5.82 Å². The molecular weight excluding hydrogens is 444 g/mol. The molecule has 6 nitrogen and oxygen atoms in total. The summed E-state index contributed by atoms with van der Waals surface area (Å²) in [6, 6.07) is 21.9. The van der Waals surface area contributed by atoms with Crippen LogP contribution < -0.4 is 11.1 Å². The van der Waals surface area contributed by atoms with Crippen molar-refractivity contribution in [1.82, 2.24) is 19.5 Å². The Balaban J connectivity index is 1.56. The maximum absolute atomic E-state index is 13.3. The first kappa shape index (κ1) is 20.5. The van der Waals surface area contributed by atoms with Gasteiger partial charge in [-0.3, -0.25) is 14.2 Å². The van der Waals surface area contributed by atoms with Crippen LogP contribution in [-0.4, -0.2) is 19.5 Å². The van der Waals surface area contributed by atoms with Crippen molar-refractivity contribution in [2.24, 2.45) is 0 Å². The predicted molar refractivity (Wildman–Crippen MR) is 128 cm³/mol. The molecule has 2 aromatic heterocycles. The molecule has 3 aromatic carbocycles. The van der Waals surface area contributed by atoms with E-state index in [-0.39, 0.29) is 11.1 Å². The summed E-state index contributed by atoms with van der Waals surface area (Å²) in [6.07, 6.45) is 0. The lowest BCUT2D eigenvalue weighted by atomic mass is 10.2. The summed E-state index contributed by atoms with van der Waals surface area (Å²) in [5.41, 5.74) is 1.75. The van der Waals surface area contributed by atoms with Crippen LogP contribution in [0, 0.1) is 0 Å². The third-order valence-electron chi connectivity index (χ3n) is 5.11. The smallest absolute Gasteiger partial charge is 0.262 e. The van der Waals surface area contributed by atoms with Gasteiger partial charge < -0.3 is 4.98 Å². The fraction of sp³-hybridized carbons (Fsp3) is 0.0833. The number of benzene rings is 3. The second-order valence-corrected chi connectivity index (χ2v) is 8.56. The molecule has 1 N–H and O–H groups in total. The lowest BCUT2D eigenvalue weighted by molar-refractivity contribution is 0.658. The van der Waals surface area contributed by atoms with E-state index in [2.05, 4.69) is 9.97 Å². The largest absolute Gasteiger partial charge is 0.309 e. The number of fused-ring (bicyclic) bond motifs is 2. The molecule has 0 spiro atoms. The molecule has 0 aliphatic carbocycles. The van der Waals surface area contributed by atoms with Crippen LogP contribution in [0.15, 0.2) is 87.5 Å². The van der Waals surface area contributed by atoms with Gasteiger partial charge in [0.2, 0.25) is 0 Å². The highest BCUT2D eigenvalue weighted by molar-refractivity contribution is 7.98. The Morgan fingerprint density at radius 1 is 0.844 bits per heavy atom. The van der Waals surface area contributed by atoms with Gasteiger partial charge in [0.25, 0.3) is 11.1 Å². The minimum absolute atomic E-state index is 0.141. The number of nitrogens with one attached hydrogen (secondary N) is 1. The SMILES string of the molecule is O=c1[nH]c(CSc2nc3ccccc3c(=O)n2Cc2ccccc2Cl)nc2ccccc12. The quantitative estimate of drug-likeness (QED) is 0.305. The molecule has 5 rings (SSSR count). The van der Waals surface area contributed by atoms with Gasteiger partial charge in [-0.25, -0.2) is 9.97 Å². The molecule has 0 saturated heterocycles. The number of rotatable bonds is 5. The molecule has 0 saturated carbocycles. The fourth-order valence-electron chi connectivity index (χ4n) is 3.53. The Labute approximate surface area is 191 Å². The summed E-state index contributed by atoms with van der Waals surface area (Å²) in [5.74, 6) is 0.873. The molecular formula is C24H17ClN4O2S. The van der Waals surface area contributed by atoms with Crippen molar-refractivity contribution in [2.75, 3.05) is 0 Å². The number of H-pyrrole nitrogens is 1. The van der Waals surface area contributed by atoms with Gasteiger partial charge in [-0.1, -0.05) is 65.8 Å². The monoisotopic (exact) mass is 460 g/mol. The Morgan fingerprint density at radius 2 is 1.50 bits per heavy atom. The molecule has 158 valence electrons. The van der Waals surface area contributed by atoms with Crippen LogP contribution in [0.4, 0.5) is 0 Å². The second kappa shape index (κ2) is 8.61. The Kier molecular flexibility index (Phi) is 5.51. The molecule has 0 fully saturated rings. The number of para-hydroxylation sites is 2. The molecule has 0 amide bonds. The van der Waals surface area contributed by atoms with Crippen LogP contribution in [0.2, 0.25) is 5.02 Å². The van der Waals surface area contributed by atoms with Gasteiger partial charge in [0.05, 0.1) is 34.1 Å². The third kappa shape index (κ3) is 3.92. The molecule has 5 aromatic rings. The van der Waals surface area contributed by atoms with E-state index >= 15 is 0 Å². The highest BCUT2D eigenvalue weighted by Crippen LogP contribution is 2.23. The highest BCUT2D eigenvalue weighted by Gasteiger charge is 2.14. The summed E-state index contributed by atoms with van der Waals surface area (Å²) in [5, 5.41) is 2.20. The molecule has 8 heteroatoms. The van der Waals surface area contributed by atoms with Crippen molar-refractivity contribution < 1.29 is 0 Å². The van der Waals surface area contributed by atoms with E-state index in [1.54, 1.807) is 34.9 Å². The van der Waals surface area contributed by atoms with Gasteiger partial charge in [-0.15, -0.1) is 0 Å². The molecule has 2 heterocycles. The zero-order chi connectivity index (χ0) is 22.1. The highest BCUT2D eigenvalue weighted by atomic mass is 35.5. The van der Waals surface area contributed by atoms with Crippen LogP contribution in [0.5, 0.6) is 0 Å². The summed E-state index contributed by atoms with van der Waals surface area (Å²) >= 11 is 7.70. The molecule has 0 bridgehead atoms. The van der Waals surface area contributed by atoms with Crippen molar-refractivity contribution in [2.45, 2.75) is 17.5 Å². The molecule has 0 atom stereocenters. The standard InChI is InChI=1S/C24H17ClN4O2S/c25-18-10-4-1-7-15(18)13-29-23(31)17-9-3-6-12-20(17)27-24(29)32-14-21-26-19-11-5-2-8-16(19)22(30)28-21/h1-12H,13-14H2,(H,26,28,30). The van der Waals surface area contributed by atoms with Gasteiger partial charge in [-0.05, 0) is 35.9 Å². The van der Waals surface area contributed by atoms with Crippen molar-refractivity contribution >= 4 is 45.2 Å². The molecule has 0 radical (unpaired) electrons. The average molecular weight is 461 g/mol. The number of aromatic amines is 1. The van der Waals surface area contributed by atoms with E-state index < -0.39 is 0 Å². The first-order chi connectivity index (χ1) is 15.6. The minimum atomic E-state index is -0.189. The molecule has 32 heavy (non-hydrogen) atoms. The van der Waals surface area contributed by atoms with Gasteiger partial charge in [-0.2, -0.15) is 0 Å². The van der Waals surface area contributed by atoms with E-state index in [0.717, 1.165) is 5.56 Å². The van der Waals surface area contributed by atoms with Gasteiger partial charge in [0.15, 0.2) is 5.16 Å². The van der Waals surface area contributed by atoms with E-state index in [1.165, 1.54) is 11.8 Å². The zero-order valence-corrected chi connectivity index (χ0v) is 18.4. The Bertz CT molecular complexity index is 1580. The first-order valence-corrected chi connectivity index (χ1v) is 11.3. The van der Waals surface area contributed by atoms with Crippen molar-refractivity contribution in [1.29, 1.82) is 0 Å². The molecule has 0 aliphatic heterocycles. The van der Waals surface area contributed by atoms with Crippen molar-refractivity contribution in [3.63, 3.8) is 0 Å². The van der Waals surface area contributed by atoms with E-state index in [1.807, 2.05) is 42.5 Å². The lowest BCUT2D eigenvalue weighted by Crippen LogP contribution is -2.24. The van der Waals surface area contributed by atoms with Crippen molar-refractivity contribution in [3.8, 4) is 0 Å². The van der Waals surface area contributed by atoms with E-state index in [9.17, 15) is 9.59 Å². The maximum Gasteiger partial charge on any atom is 0.262 e. The lowest BCUT2D eigenvalue weighted by Gasteiger charge is -2.14.